The van der Waals surface area contributed by atoms with Crippen LogP contribution >= 0.6 is 20.1 Å². The Morgan fingerprint density at radius 2 is 1.13 bits per heavy atom. The predicted octanol–water partition coefficient (Wildman–Crippen LogP) is 6.26. The Labute approximate surface area is 146 Å². The zero-order valence-electron chi connectivity index (χ0n) is 14.0. The second-order valence-corrected chi connectivity index (χ2v) is 12.3. The normalized spacial score (nSPS) is 65.6. The van der Waals surface area contributed by atoms with Gasteiger partial charge in [0, 0.05) is 5.41 Å². The van der Waals surface area contributed by atoms with E-state index in [0.29, 0.717) is 11.3 Å². The Bertz CT molecular complexity index is 525. The van der Waals surface area contributed by atoms with Crippen LogP contribution in [-0.4, -0.2) is 4.62 Å². The molecule has 0 aromatic heterocycles. The molecular formula is C20H28ClOP. The van der Waals surface area contributed by atoms with Crippen molar-refractivity contribution in [3.8, 4) is 0 Å². The molecule has 0 aliphatic heterocycles. The van der Waals surface area contributed by atoms with Gasteiger partial charge in [0.15, 0.2) is 8.46 Å². The molecule has 1 nitrogen and oxygen atoms in total. The average Bonchev–Trinajstić information content (AvgIpc) is 2.50. The van der Waals surface area contributed by atoms with E-state index in [-0.39, 0.29) is 13.9 Å². The minimum Gasteiger partial charge on any atom is -0.273 e. The standard InChI is InChI=1S/C20H28ClOP/c21-20(23-22)17-5-15-4-16(6-17)11-19(20,10-15)18-7-12-1-13(8-18)3-14(2-12)9-18/h12-17H,1-11H2/t12?,13?,14?,15-,16-,17?,18?,19?,20-/m0/s1. The number of hydrogen-bond donors (Lipinski definition) is 0. The van der Waals surface area contributed by atoms with Gasteiger partial charge in [-0.25, -0.2) is 0 Å². The number of hydrogen-bond acceptors (Lipinski definition) is 1. The van der Waals surface area contributed by atoms with Gasteiger partial charge in [0.2, 0.25) is 0 Å². The van der Waals surface area contributed by atoms with E-state index in [2.05, 4.69) is 0 Å². The van der Waals surface area contributed by atoms with E-state index in [4.69, 9.17) is 11.6 Å². The first kappa shape index (κ1) is 14.5. The molecule has 0 aromatic carbocycles. The molecule has 0 heterocycles. The molecule has 0 spiro atoms. The maximum atomic E-state index is 12.5. The van der Waals surface area contributed by atoms with Crippen LogP contribution in [0.15, 0.2) is 0 Å². The Kier molecular flexibility index (Phi) is 2.77. The first-order chi connectivity index (χ1) is 11.1. The van der Waals surface area contributed by atoms with E-state index in [0.717, 1.165) is 29.6 Å². The molecule has 0 saturated heterocycles. The molecule has 23 heavy (non-hydrogen) atoms. The molecule has 0 aromatic rings. The summed E-state index contributed by atoms with van der Waals surface area (Å²) in [6, 6.07) is 0. The fraction of sp³-hybridized carbons (Fsp3) is 1.00. The van der Waals surface area contributed by atoms with Crippen molar-refractivity contribution in [2.75, 3.05) is 0 Å². The lowest BCUT2D eigenvalue weighted by molar-refractivity contribution is -0.203. The molecule has 8 aliphatic rings. The molecule has 0 amide bonds. The Morgan fingerprint density at radius 1 is 0.696 bits per heavy atom. The second-order valence-electron chi connectivity index (χ2n) is 10.6. The van der Waals surface area contributed by atoms with Crippen LogP contribution < -0.4 is 0 Å². The summed E-state index contributed by atoms with van der Waals surface area (Å²) >= 11 is 7.38. The number of alkyl halides is 1. The van der Waals surface area contributed by atoms with Crippen molar-refractivity contribution in [3.63, 3.8) is 0 Å². The smallest absolute Gasteiger partial charge is 0.179 e. The van der Waals surface area contributed by atoms with E-state index >= 15 is 0 Å². The highest BCUT2D eigenvalue weighted by molar-refractivity contribution is 7.29. The fourth-order valence-corrected chi connectivity index (χ4v) is 11.1. The van der Waals surface area contributed by atoms with Gasteiger partial charge in [-0.1, -0.05) is 0 Å². The van der Waals surface area contributed by atoms with E-state index < -0.39 is 4.62 Å². The molecule has 8 bridgehead atoms. The topological polar surface area (TPSA) is 17.1 Å². The molecule has 126 valence electrons. The largest absolute Gasteiger partial charge is 0.273 e. The lowest BCUT2D eigenvalue weighted by atomic mass is 9.34. The van der Waals surface area contributed by atoms with Gasteiger partial charge in [0.1, 0.15) is 4.62 Å². The summed E-state index contributed by atoms with van der Waals surface area (Å²) in [7, 11) is 0.266. The lowest BCUT2D eigenvalue weighted by Gasteiger charge is -2.73. The molecule has 8 rings (SSSR count). The van der Waals surface area contributed by atoms with Crippen molar-refractivity contribution < 1.29 is 4.57 Å². The zero-order chi connectivity index (χ0) is 15.4. The highest BCUT2D eigenvalue weighted by atomic mass is 35.5. The quantitative estimate of drug-likeness (QED) is 0.424. The molecular weight excluding hydrogens is 323 g/mol. The zero-order valence-corrected chi connectivity index (χ0v) is 15.6. The van der Waals surface area contributed by atoms with Gasteiger partial charge in [-0.05, 0) is 112 Å². The fourth-order valence-electron chi connectivity index (χ4n) is 9.62. The highest BCUT2D eigenvalue weighted by Gasteiger charge is 2.74. The van der Waals surface area contributed by atoms with Gasteiger partial charge in [-0.15, -0.1) is 11.6 Å². The van der Waals surface area contributed by atoms with Crippen molar-refractivity contribution >= 4 is 20.1 Å². The Hall–Kier alpha value is 0.390. The van der Waals surface area contributed by atoms with E-state index in [9.17, 15) is 4.57 Å². The molecule has 0 radical (unpaired) electrons. The summed E-state index contributed by atoms with van der Waals surface area (Å²) in [6.07, 6.45) is 15.4. The first-order valence-electron chi connectivity index (χ1n) is 10.1. The lowest BCUT2D eigenvalue weighted by Crippen LogP contribution is -2.68. The van der Waals surface area contributed by atoms with Crippen LogP contribution in [0.3, 0.4) is 0 Å². The van der Waals surface area contributed by atoms with Gasteiger partial charge in [-0.2, -0.15) is 0 Å². The van der Waals surface area contributed by atoms with Crippen LogP contribution in [0, 0.1) is 46.3 Å². The van der Waals surface area contributed by atoms with Crippen LogP contribution in [0.2, 0.25) is 0 Å². The SMILES string of the molecule is O=P[C@@]1(Cl)C2C[C@@H]3C[C@@H](C2)CC1(C12CC4CC(CC(C4)C1)C2)C3. The summed E-state index contributed by atoms with van der Waals surface area (Å²) in [5.41, 5.74) is 0.659. The first-order valence-corrected chi connectivity index (χ1v) is 11.3. The summed E-state index contributed by atoms with van der Waals surface area (Å²) in [4.78, 5) is 0. The molecule has 3 heteroatoms. The summed E-state index contributed by atoms with van der Waals surface area (Å²) in [6.45, 7) is 0. The van der Waals surface area contributed by atoms with Crippen molar-refractivity contribution in [3.05, 3.63) is 0 Å². The van der Waals surface area contributed by atoms with Gasteiger partial charge in [-0.3, -0.25) is 4.57 Å². The maximum Gasteiger partial charge on any atom is 0.179 e. The van der Waals surface area contributed by atoms with E-state index in [1.54, 1.807) is 0 Å². The highest BCUT2D eigenvalue weighted by Crippen LogP contribution is 2.80. The minimum absolute atomic E-state index is 0.204. The molecule has 8 saturated carbocycles. The van der Waals surface area contributed by atoms with Gasteiger partial charge >= 0.3 is 0 Å². The van der Waals surface area contributed by atoms with Gasteiger partial charge in [0.05, 0.1) is 0 Å². The van der Waals surface area contributed by atoms with Crippen LogP contribution in [0.4, 0.5) is 0 Å². The molecule has 0 N–H and O–H groups in total. The van der Waals surface area contributed by atoms with Gasteiger partial charge < -0.3 is 0 Å². The minimum atomic E-state index is -0.425. The van der Waals surface area contributed by atoms with Crippen molar-refractivity contribution in [1.82, 2.24) is 0 Å². The molecule has 0 unspecified atom stereocenters. The summed E-state index contributed by atoms with van der Waals surface area (Å²) in [5, 5.41) is 0. The molecule has 8 aliphatic carbocycles. The third kappa shape index (κ3) is 1.60. The third-order valence-corrected chi connectivity index (χ3v) is 11.5. The Balaban J connectivity index is 1.52. The average molecular weight is 351 g/mol. The van der Waals surface area contributed by atoms with E-state index in [1.165, 1.54) is 70.6 Å². The van der Waals surface area contributed by atoms with Crippen molar-refractivity contribution in [2.24, 2.45) is 46.3 Å². The predicted molar refractivity (Wildman–Crippen MR) is 92.8 cm³/mol. The van der Waals surface area contributed by atoms with Gasteiger partial charge in [0.25, 0.3) is 0 Å². The van der Waals surface area contributed by atoms with Crippen LogP contribution in [0.1, 0.15) is 70.6 Å². The van der Waals surface area contributed by atoms with Crippen molar-refractivity contribution in [1.29, 1.82) is 0 Å². The second kappa shape index (κ2) is 4.37. The van der Waals surface area contributed by atoms with Crippen LogP contribution in [0.5, 0.6) is 0 Å². The number of rotatable bonds is 2. The monoisotopic (exact) mass is 350 g/mol. The third-order valence-electron chi connectivity index (χ3n) is 9.58. The summed E-state index contributed by atoms with van der Waals surface area (Å²) in [5.74, 6) is 5.24. The Morgan fingerprint density at radius 3 is 1.57 bits per heavy atom. The van der Waals surface area contributed by atoms with E-state index in [1.807, 2.05) is 0 Å². The van der Waals surface area contributed by atoms with Crippen molar-refractivity contribution in [2.45, 2.75) is 75.2 Å². The summed E-state index contributed by atoms with van der Waals surface area (Å²) < 4.78 is 12.1. The maximum absolute atomic E-state index is 12.5. The number of halogens is 1. The van der Waals surface area contributed by atoms with Crippen LogP contribution in [0.25, 0.3) is 0 Å². The molecule has 8 fully saturated rings. The van der Waals surface area contributed by atoms with Crippen LogP contribution in [-0.2, 0) is 4.57 Å². The molecule has 3 atom stereocenters.